The maximum Gasteiger partial charge on any atom is 0.254 e. The number of benzene rings is 1. The van der Waals surface area contributed by atoms with Gasteiger partial charge in [-0.05, 0) is 61.2 Å². The Kier molecular flexibility index (Phi) is 3.72. The molecule has 1 aromatic carbocycles. The molecule has 1 fully saturated rings. The van der Waals surface area contributed by atoms with E-state index in [-0.39, 0.29) is 5.91 Å². The van der Waals surface area contributed by atoms with Gasteiger partial charge in [0.2, 0.25) is 0 Å². The summed E-state index contributed by atoms with van der Waals surface area (Å²) in [6.45, 7) is 4.78. The van der Waals surface area contributed by atoms with Crippen LogP contribution in [0, 0.1) is 0 Å². The van der Waals surface area contributed by atoms with Gasteiger partial charge in [-0.25, -0.2) is 0 Å². The molecule has 0 aromatic heterocycles. The van der Waals surface area contributed by atoms with E-state index in [0.29, 0.717) is 6.04 Å². The molecular weight excluding hydrogens is 274 g/mol. The lowest BCUT2D eigenvalue weighted by Crippen LogP contribution is -2.46. The second-order valence-corrected chi connectivity index (χ2v) is 6.50. The summed E-state index contributed by atoms with van der Waals surface area (Å²) >= 11 is 0. The zero-order valence-corrected chi connectivity index (χ0v) is 12.9. The molecule has 0 radical (unpaired) electrons. The lowest BCUT2D eigenvalue weighted by atomic mass is 9.98. The van der Waals surface area contributed by atoms with Gasteiger partial charge in [0.25, 0.3) is 5.91 Å². The highest BCUT2D eigenvalue weighted by Crippen LogP contribution is 2.29. The summed E-state index contributed by atoms with van der Waals surface area (Å²) in [5.41, 5.74) is 4.72. The molecule has 3 heterocycles. The third kappa shape index (κ3) is 2.46. The van der Waals surface area contributed by atoms with Gasteiger partial charge in [-0.3, -0.25) is 4.79 Å². The number of carbonyl (C=O) groups is 1. The van der Waals surface area contributed by atoms with Crippen LogP contribution in [0.4, 0.5) is 0 Å². The smallest absolute Gasteiger partial charge is 0.254 e. The number of nitrogens with one attached hydrogen (secondary N) is 2. The summed E-state index contributed by atoms with van der Waals surface area (Å²) in [6.07, 6.45) is 5.69. The fourth-order valence-electron chi connectivity index (χ4n) is 3.80. The van der Waals surface area contributed by atoms with Crippen molar-refractivity contribution in [3.05, 3.63) is 41.0 Å². The van der Waals surface area contributed by atoms with Crippen molar-refractivity contribution < 1.29 is 4.79 Å². The summed E-state index contributed by atoms with van der Waals surface area (Å²) in [7, 11) is 0. The molecule has 1 atom stereocenters. The van der Waals surface area contributed by atoms with Crippen molar-refractivity contribution in [3.8, 4) is 0 Å². The molecule has 4 nitrogen and oxygen atoms in total. The first-order valence-corrected chi connectivity index (χ1v) is 8.37. The van der Waals surface area contributed by atoms with E-state index in [1.807, 2.05) is 6.07 Å². The summed E-state index contributed by atoms with van der Waals surface area (Å²) in [4.78, 5) is 14.7. The number of carbonyl (C=O) groups excluding carboxylic acids is 1. The van der Waals surface area contributed by atoms with Gasteiger partial charge < -0.3 is 15.5 Å². The molecule has 1 amide bonds. The lowest BCUT2D eigenvalue weighted by Gasteiger charge is -2.31. The Hall–Kier alpha value is -1.65. The first-order valence-electron chi connectivity index (χ1n) is 8.37. The molecule has 22 heavy (non-hydrogen) atoms. The molecular formula is C18H23N3O. The van der Waals surface area contributed by atoms with Gasteiger partial charge in [0.1, 0.15) is 0 Å². The molecule has 116 valence electrons. The van der Waals surface area contributed by atoms with E-state index in [1.54, 1.807) is 0 Å². The Labute approximate surface area is 131 Å². The molecule has 0 saturated carbocycles. The van der Waals surface area contributed by atoms with Gasteiger partial charge >= 0.3 is 0 Å². The summed E-state index contributed by atoms with van der Waals surface area (Å²) in [6, 6.07) is 6.71. The van der Waals surface area contributed by atoms with Crippen molar-refractivity contribution in [2.75, 3.05) is 26.2 Å². The van der Waals surface area contributed by atoms with Gasteiger partial charge in [0.05, 0.1) is 0 Å². The molecule has 1 aromatic rings. The normalized spacial score (nSPS) is 25.1. The van der Waals surface area contributed by atoms with Crippen molar-refractivity contribution in [1.82, 2.24) is 15.5 Å². The summed E-state index contributed by atoms with van der Waals surface area (Å²) in [5, 5.41) is 6.83. The van der Waals surface area contributed by atoms with E-state index in [2.05, 4.69) is 33.7 Å². The second-order valence-electron chi connectivity index (χ2n) is 6.50. The van der Waals surface area contributed by atoms with E-state index >= 15 is 0 Å². The predicted octanol–water partition coefficient (Wildman–Crippen LogP) is 1.77. The van der Waals surface area contributed by atoms with Gasteiger partial charge in [-0.15, -0.1) is 0 Å². The topological polar surface area (TPSA) is 44.4 Å². The SMILES string of the molecule is O=C1c2ccc(C3=CCCNC3)cc2CN1C1CCCNC1. The van der Waals surface area contributed by atoms with Crippen LogP contribution in [0.15, 0.2) is 24.3 Å². The van der Waals surface area contributed by atoms with Crippen LogP contribution < -0.4 is 10.6 Å². The highest BCUT2D eigenvalue weighted by Gasteiger charge is 2.33. The molecule has 4 heteroatoms. The number of nitrogens with zero attached hydrogens (tertiary/aromatic N) is 1. The first kappa shape index (κ1) is 14.0. The van der Waals surface area contributed by atoms with Gasteiger partial charge in [0.15, 0.2) is 0 Å². The average Bonchev–Trinajstić information content (AvgIpc) is 2.93. The van der Waals surface area contributed by atoms with Crippen LogP contribution >= 0.6 is 0 Å². The number of rotatable bonds is 2. The van der Waals surface area contributed by atoms with Crippen LogP contribution in [0.25, 0.3) is 5.57 Å². The first-order chi connectivity index (χ1) is 10.8. The molecule has 1 saturated heterocycles. The minimum atomic E-state index is 0.214. The highest BCUT2D eigenvalue weighted by molar-refractivity contribution is 5.99. The van der Waals surface area contributed by atoms with E-state index < -0.39 is 0 Å². The Morgan fingerprint density at radius 2 is 2.14 bits per heavy atom. The quantitative estimate of drug-likeness (QED) is 0.874. The highest BCUT2D eigenvalue weighted by atomic mass is 16.2. The maximum absolute atomic E-state index is 12.7. The Bertz CT molecular complexity index is 617. The number of piperidine rings is 1. The standard InChI is InChI=1S/C18H23N3O/c22-18-17-6-5-13(14-3-1-7-19-10-14)9-15(17)12-21(18)16-4-2-8-20-11-16/h3,5-6,9,16,19-20H,1-2,4,7-8,10-12H2. The second kappa shape index (κ2) is 5.86. The molecule has 1 unspecified atom stereocenters. The maximum atomic E-state index is 12.7. The third-order valence-corrected chi connectivity index (χ3v) is 5.05. The molecule has 3 aliphatic heterocycles. The molecule has 0 bridgehead atoms. The van der Waals surface area contributed by atoms with Crippen LogP contribution in [-0.4, -0.2) is 43.0 Å². The van der Waals surface area contributed by atoms with E-state index in [1.165, 1.54) is 16.7 Å². The lowest BCUT2D eigenvalue weighted by molar-refractivity contribution is 0.0674. The van der Waals surface area contributed by atoms with Crippen LogP contribution in [0.3, 0.4) is 0 Å². The predicted molar refractivity (Wildman–Crippen MR) is 87.7 cm³/mol. The minimum absolute atomic E-state index is 0.214. The van der Waals surface area contributed by atoms with E-state index in [0.717, 1.165) is 57.5 Å². The fraction of sp³-hybridized carbons (Fsp3) is 0.500. The average molecular weight is 297 g/mol. The zero-order chi connectivity index (χ0) is 14.9. The van der Waals surface area contributed by atoms with Gasteiger partial charge in [-0.1, -0.05) is 12.1 Å². The Balaban J connectivity index is 1.58. The summed E-state index contributed by atoms with van der Waals surface area (Å²) < 4.78 is 0. The van der Waals surface area contributed by atoms with Crippen molar-refractivity contribution in [2.45, 2.75) is 31.8 Å². The zero-order valence-electron chi connectivity index (χ0n) is 12.9. The molecule has 0 aliphatic carbocycles. The van der Waals surface area contributed by atoms with Crippen molar-refractivity contribution in [2.24, 2.45) is 0 Å². The molecule has 3 aliphatic rings. The largest absolute Gasteiger partial charge is 0.330 e. The van der Waals surface area contributed by atoms with Crippen LogP contribution in [-0.2, 0) is 6.54 Å². The van der Waals surface area contributed by atoms with Crippen molar-refractivity contribution in [1.29, 1.82) is 0 Å². The minimum Gasteiger partial charge on any atom is -0.330 e. The number of hydrogen-bond acceptors (Lipinski definition) is 3. The van der Waals surface area contributed by atoms with E-state index in [4.69, 9.17) is 0 Å². The van der Waals surface area contributed by atoms with E-state index in [9.17, 15) is 4.79 Å². The van der Waals surface area contributed by atoms with Crippen molar-refractivity contribution in [3.63, 3.8) is 0 Å². The summed E-state index contributed by atoms with van der Waals surface area (Å²) in [5.74, 6) is 0.214. The monoisotopic (exact) mass is 297 g/mol. The van der Waals surface area contributed by atoms with Gasteiger partial charge in [-0.2, -0.15) is 0 Å². The van der Waals surface area contributed by atoms with Gasteiger partial charge in [0, 0.05) is 31.2 Å². The fourth-order valence-corrected chi connectivity index (χ4v) is 3.80. The Morgan fingerprint density at radius 3 is 2.91 bits per heavy atom. The van der Waals surface area contributed by atoms with Crippen LogP contribution in [0.5, 0.6) is 0 Å². The van der Waals surface area contributed by atoms with Crippen molar-refractivity contribution >= 4 is 11.5 Å². The Morgan fingerprint density at radius 1 is 1.18 bits per heavy atom. The van der Waals surface area contributed by atoms with Crippen LogP contribution in [0.1, 0.15) is 40.7 Å². The molecule has 0 spiro atoms. The number of amides is 1. The van der Waals surface area contributed by atoms with Crippen LogP contribution in [0.2, 0.25) is 0 Å². The molecule has 2 N–H and O–H groups in total. The number of fused-ring (bicyclic) bond motifs is 1. The molecule has 4 rings (SSSR count). The third-order valence-electron chi connectivity index (χ3n) is 5.05. The number of hydrogen-bond donors (Lipinski definition) is 2.